The Kier molecular flexibility index (Phi) is 4.63. The van der Waals surface area contributed by atoms with E-state index in [1.54, 1.807) is 0 Å². The van der Waals surface area contributed by atoms with Gasteiger partial charge in [-0.05, 0) is 71.2 Å². The molecule has 100 valence electrons. The smallest absolute Gasteiger partial charge is 0.0840 e. The normalized spacial score (nSPS) is 12.5. The van der Waals surface area contributed by atoms with Gasteiger partial charge in [0.1, 0.15) is 0 Å². The van der Waals surface area contributed by atoms with Crippen LogP contribution in [0.1, 0.15) is 33.9 Å². The second kappa shape index (κ2) is 6.06. The monoisotopic (exact) mass is 366 g/mol. The molecule has 0 aromatic heterocycles. The van der Waals surface area contributed by atoms with Gasteiger partial charge in [0, 0.05) is 9.99 Å². The molecule has 1 N–H and O–H groups in total. The fraction of sp³-hybridized carbons (Fsp3) is 0.294. The summed E-state index contributed by atoms with van der Waals surface area (Å²) in [6.07, 6.45) is 0.240. The molecule has 0 fully saturated rings. The van der Waals surface area contributed by atoms with Crippen molar-refractivity contribution in [3.63, 3.8) is 0 Å². The van der Waals surface area contributed by atoms with Gasteiger partial charge in [0.25, 0.3) is 0 Å². The number of hydrogen-bond donors (Lipinski definition) is 1. The molecule has 1 unspecified atom stereocenters. The topological polar surface area (TPSA) is 20.2 Å². The molecular formula is C17H19IO. The molecule has 0 heterocycles. The zero-order valence-corrected chi connectivity index (χ0v) is 13.7. The average Bonchev–Trinajstić information content (AvgIpc) is 2.37. The van der Waals surface area contributed by atoms with Crippen molar-refractivity contribution in [2.75, 3.05) is 0 Å². The summed E-state index contributed by atoms with van der Waals surface area (Å²) >= 11 is 2.32. The molecule has 0 aliphatic rings. The highest BCUT2D eigenvalue weighted by atomic mass is 127. The number of aliphatic hydroxyl groups excluding tert-OH is 1. The minimum Gasteiger partial charge on any atom is -0.388 e. The van der Waals surface area contributed by atoms with Crippen LogP contribution in [0.3, 0.4) is 0 Å². The summed E-state index contributed by atoms with van der Waals surface area (Å²) in [5.41, 5.74) is 6.01. The summed E-state index contributed by atoms with van der Waals surface area (Å²) in [6.45, 7) is 6.30. The largest absolute Gasteiger partial charge is 0.388 e. The number of rotatable bonds is 3. The Balaban J connectivity index is 2.31. The maximum atomic E-state index is 10.5. The second-order valence-corrected chi connectivity index (χ2v) is 6.15. The van der Waals surface area contributed by atoms with Crippen LogP contribution in [-0.2, 0) is 6.42 Å². The molecule has 0 saturated carbocycles. The first-order valence-electron chi connectivity index (χ1n) is 6.49. The first-order valence-corrected chi connectivity index (χ1v) is 7.56. The van der Waals surface area contributed by atoms with Gasteiger partial charge in [0.05, 0.1) is 6.10 Å². The molecule has 2 aromatic carbocycles. The summed E-state index contributed by atoms with van der Waals surface area (Å²) in [6, 6.07) is 12.4. The van der Waals surface area contributed by atoms with Crippen molar-refractivity contribution in [3.05, 3.63) is 67.8 Å². The number of hydrogen-bond acceptors (Lipinski definition) is 1. The number of aryl methyl sites for hydroxylation is 3. The van der Waals surface area contributed by atoms with Crippen LogP contribution in [0, 0.1) is 24.3 Å². The Bertz CT molecular complexity index is 570. The fourth-order valence-corrected chi connectivity index (χ4v) is 3.12. The van der Waals surface area contributed by atoms with Crippen LogP contribution in [-0.4, -0.2) is 5.11 Å². The van der Waals surface area contributed by atoms with Crippen LogP contribution in [0.15, 0.2) is 36.4 Å². The van der Waals surface area contributed by atoms with E-state index >= 15 is 0 Å². The summed E-state index contributed by atoms with van der Waals surface area (Å²) in [5, 5.41) is 10.5. The zero-order chi connectivity index (χ0) is 14.0. The number of halogens is 1. The van der Waals surface area contributed by atoms with E-state index in [2.05, 4.69) is 67.6 Å². The molecule has 19 heavy (non-hydrogen) atoms. The van der Waals surface area contributed by atoms with E-state index in [0.29, 0.717) is 6.42 Å². The standard InChI is InChI=1S/C17H19IO/c1-11-6-4-7-12(2)15(11)10-16(19)14-9-5-8-13(3)17(14)18/h4-9,16,19H,10H2,1-3H3. The van der Waals surface area contributed by atoms with Gasteiger partial charge >= 0.3 is 0 Å². The van der Waals surface area contributed by atoms with Crippen molar-refractivity contribution in [1.82, 2.24) is 0 Å². The summed E-state index contributed by atoms with van der Waals surface area (Å²) in [7, 11) is 0. The third-order valence-corrected chi connectivity index (χ3v) is 5.10. The maximum absolute atomic E-state index is 10.5. The number of aliphatic hydroxyl groups is 1. The molecule has 2 heteroatoms. The summed E-state index contributed by atoms with van der Waals surface area (Å²) < 4.78 is 1.17. The van der Waals surface area contributed by atoms with Crippen LogP contribution < -0.4 is 0 Å². The summed E-state index contributed by atoms with van der Waals surface area (Å²) in [5.74, 6) is 0. The third-order valence-electron chi connectivity index (χ3n) is 3.62. The number of benzene rings is 2. The maximum Gasteiger partial charge on any atom is 0.0840 e. The molecule has 0 radical (unpaired) electrons. The van der Waals surface area contributed by atoms with Gasteiger partial charge in [0.15, 0.2) is 0 Å². The van der Waals surface area contributed by atoms with Crippen LogP contribution >= 0.6 is 22.6 Å². The molecule has 1 nitrogen and oxygen atoms in total. The molecular weight excluding hydrogens is 347 g/mol. The Morgan fingerprint density at radius 1 is 0.947 bits per heavy atom. The first-order chi connectivity index (χ1) is 9.00. The van der Waals surface area contributed by atoms with Crippen LogP contribution in [0.25, 0.3) is 0 Å². The highest BCUT2D eigenvalue weighted by Crippen LogP contribution is 2.27. The van der Waals surface area contributed by atoms with Gasteiger partial charge in [-0.1, -0.05) is 36.4 Å². The van der Waals surface area contributed by atoms with Crippen LogP contribution in [0.4, 0.5) is 0 Å². The van der Waals surface area contributed by atoms with Gasteiger partial charge in [-0.3, -0.25) is 0 Å². The predicted molar refractivity (Wildman–Crippen MR) is 88.5 cm³/mol. The lowest BCUT2D eigenvalue weighted by Gasteiger charge is -2.17. The molecule has 2 aromatic rings. The SMILES string of the molecule is Cc1cccc(C(O)Cc2c(C)cccc2C)c1I. The lowest BCUT2D eigenvalue weighted by Crippen LogP contribution is -2.07. The Hall–Kier alpha value is -0.870. The summed E-state index contributed by atoms with van der Waals surface area (Å²) in [4.78, 5) is 0. The molecule has 0 aliphatic carbocycles. The highest BCUT2D eigenvalue weighted by Gasteiger charge is 2.15. The molecule has 2 rings (SSSR count). The van der Waals surface area contributed by atoms with Gasteiger partial charge in [-0.25, -0.2) is 0 Å². The lowest BCUT2D eigenvalue weighted by atomic mass is 9.94. The minimum atomic E-state index is -0.438. The zero-order valence-electron chi connectivity index (χ0n) is 11.6. The molecule has 0 amide bonds. The van der Waals surface area contributed by atoms with Crippen molar-refractivity contribution in [2.24, 2.45) is 0 Å². The Labute approximate surface area is 128 Å². The van der Waals surface area contributed by atoms with Crippen molar-refractivity contribution < 1.29 is 5.11 Å². The molecule has 0 bridgehead atoms. The molecule has 0 saturated heterocycles. The van der Waals surface area contributed by atoms with Gasteiger partial charge < -0.3 is 5.11 Å². The average molecular weight is 366 g/mol. The van der Waals surface area contributed by atoms with E-state index in [4.69, 9.17) is 0 Å². The lowest BCUT2D eigenvalue weighted by molar-refractivity contribution is 0.177. The molecule has 0 aliphatic heterocycles. The molecule has 0 spiro atoms. The van der Waals surface area contributed by atoms with Crippen molar-refractivity contribution in [1.29, 1.82) is 0 Å². The fourth-order valence-electron chi connectivity index (χ4n) is 2.40. The Morgan fingerprint density at radius 2 is 1.47 bits per heavy atom. The van der Waals surface area contributed by atoms with Gasteiger partial charge in [-0.15, -0.1) is 0 Å². The Morgan fingerprint density at radius 3 is 2.11 bits per heavy atom. The van der Waals surface area contributed by atoms with E-state index in [1.807, 2.05) is 12.1 Å². The minimum absolute atomic E-state index is 0.438. The van der Waals surface area contributed by atoms with Crippen LogP contribution in [0.2, 0.25) is 0 Å². The highest BCUT2D eigenvalue weighted by molar-refractivity contribution is 14.1. The van der Waals surface area contributed by atoms with E-state index < -0.39 is 6.10 Å². The van der Waals surface area contributed by atoms with Gasteiger partial charge in [0.2, 0.25) is 0 Å². The first kappa shape index (κ1) is 14.5. The quantitative estimate of drug-likeness (QED) is 0.794. The van der Waals surface area contributed by atoms with Crippen molar-refractivity contribution in [2.45, 2.75) is 33.3 Å². The predicted octanol–water partition coefficient (Wildman–Crippen LogP) is 4.49. The van der Waals surface area contributed by atoms with E-state index in [1.165, 1.54) is 25.8 Å². The van der Waals surface area contributed by atoms with Gasteiger partial charge in [-0.2, -0.15) is 0 Å². The van der Waals surface area contributed by atoms with Crippen molar-refractivity contribution >= 4 is 22.6 Å². The van der Waals surface area contributed by atoms with E-state index in [0.717, 1.165) is 5.56 Å². The van der Waals surface area contributed by atoms with Crippen molar-refractivity contribution in [3.8, 4) is 0 Å². The van der Waals surface area contributed by atoms with E-state index in [9.17, 15) is 5.11 Å². The molecule has 1 atom stereocenters. The second-order valence-electron chi connectivity index (χ2n) is 5.07. The van der Waals surface area contributed by atoms with Crippen LogP contribution in [0.5, 0.6) is 0 Å². The third kappa shape index (κ3) is 3.18. The van der Waals surface area contributed by atoms with E-state index in [-0.39, 0.29) is 0 Å².